The molecule has 0 saturated heterocycles. The zero-order valence-corrected chi connectivity index (χ0v) is 10.7. The summed E-state index contributed by atoms with van der Waals surface area (Å²) in [6, 6.07) is 0.227. The minimum Gasteiger partial charge on any atom is -0.316 e. The van der Waals surface area contributed by atoms with Crippen molar-refractivity contribution in [2.75, 3.05) is 18.8 Å². The highest BCUT2D eigenvalue weighted by Gasteiger charge is 2.40. The van der Waals surface area contributed by atoms with Crippen LogP contribution >= 0.6 is 0 Å². The Morgan fingerprint density at radius 1 is 1.25 bits per heavy atom. The van der Waals surface area contributed by atoms with Gasteiger partial charge in [0.15, 0.2) is 0 Å². The van der Waals surface area contributed by atoms with Crippen molar-refractivity contribution < 1.29 is 8.42 Å². The summed E-state index contributed by atoms with van der Waals surface area (Å²) in [6.45, 7) is 3.35. The van der Waals surface area contributed by atoms with Crippen LogP contribution in [-0.4, -0.2) is 33.3 Å². The average molecular weight is 246 g/mol. The summed E-state index contributed by atoms with van der Waals surface area (Å²) in [5.41, 5.74) is 0. The van der Waals surface area contributed by atoms with Crippen molar-refractivity contribution in [1.29, 1.82) is 0 Å². The van der Waals surface area contributed by atoms with Gasteiger partial charge in [0.25, 0.3) is 0 Å². The van der Waals surface area contributed by atoms with Crippen LogP contribution in [0, 0.1) is 11.8 Å². The lowest BCUT2D eigenvalue weighted by Gasteiger charge is -2.22. The van der Waals surface area contributed by atoms with E-state index in [1.165, 1.54) is 19.3 Å². The lowest BCUT2D eigenvalue weighted by molar-refractivity contribution is 0.390. The Balaban J connectivity index is 1.80. The molecule has 4 nitrogen and oxygen atoms in total. The Morgan fingerprint density at radius 3 is 2.62 bits per heavy atom. The van der Waals surface area contributed by atoms with Gasteiger partial charge in [-0.05, 0) is 37.6 Å². The van der Waals surface area contributed by atoms with Crippen LogP contribution in [0.15, 0.2) is 0 Å². The standard InChI is InChI=1S/C11H22N2O2S/c1-2-12-5-6-16(14,15)13-11-8-9-3-4-10(11)7-9/h9-13H,2-8H2,1H3. The highest BCUT2D eigenvalue weighted by molar-refractivity contribution is 7.89. The monoisotopic (exact) mass is 246 g/mol. The van der Waals surface area contributed by atoms with E-state index in [1.54, 1.807) is 0 Å². The fourth-order valence-corrected chi connectivity index (χ4v) is 4.34. The van der Waals surface area contributed by atoms with Crippen LogP contribution in [0.3, 0.4) is 0 Å². The van der Waals surface area contributed by atoms with Crippen LogP contribution in [-0.2, 0) is 10.0 Å². The summed E-state index contributed by atoms with van der Waals surface area (Å²) in [5.74, 6) is 1.60. The normalized spacial score (nSPS) is 33.4. The number of sulfonamides is 1. The van der Waals surface area contributed by atoms with Gasteiger partial charge in [-0.1, -0.05) is 13.3 Å². The van der Waals surface area contributed by atoms with Crippen molar-refractivity contribution in [3.63, 3.8) is 0 Å². The third kappa shape index (κ3) is 2.96. The topological polar surface area (TPSA) is 58.2 Å². The molecule has 0 heterocycles. The first kappa shape index (κ1) is 12.3. The van der Waals surface area contributed by atoms with E-state index in [0.717, 1.165) is 18.9 Å². The van der Waals surface area contributed by atoms with E-state index in [9.17, 15) is 8.42 Å². The zero-order valence-electron chi connectivity index (χ0n) is 9.91. The molecule has 2 rings (SSSR count). The van der Waals surface area contributed by atoms with E-state index in [1.807, 2.05) is 6.92 Å². The van der Waals surface area contributed by atoms with Gasteiger partial charge in [0.2, 0.25) is 10.0 Å². The smallest absolute Gasteiger partial charge is 0.213 e. The summed E-state index contributed by atoms with van der Waals surface area (Å²) in [6.07, 6.45) is 4.82. The molecule has 0 aromatic rings. The van der Waals surface area contributed by atoms with Crippen molar-refractivity contribution in [1.82, 2.24) is 10.0 Å². The van der Waals surface area contributed by atoms with Crippen LogP contribution in [0.2, 0.25) is 0 Å². The molecule has 0 aromatic heterocycles. The van der Waals surface area contributed by atoms with Crippen LogP contribution in [0.25, 0.3) is 0 Å². The third-order valence-electron chi connectivity index (χ3n) is 3.87. The third-order valence-corrected chi connectivity index (χ3v) is 5.27. The lowest BCUT2D eigenvalue weighted by Crippen LogP contribution is -2.41. The van der Waals surface area contributed by atoms with E-state index < -0.39 is 10.0 Å². The minimum absolute atomic E-state index is 0.203. The molecule has 3 unspecified atom stereocenters. The Kier molecular flexibility index (Phi) is 3.87. The maximum atomic E-state index is 11.8. The van der Waals surface area contributed by atoms with Crippen molar-refractivity contribution in [3.05, 3.63) is 0 Å². The minimum atomic E-state index is -3.07. The van der Waals surface area contributed by atoms with Crippen LogP contribution < -0.4 is 10.0 Å². The molecule has 0 aromatic carbocycles. The molecule has 2 saturated carbocycles. The number of hydrogen-bond donors (Lipinski definition) is 2. The highest BCUT2D eigenvalue weighted by Crippen LogP contribution is 2.44. The van der Waals surface area contributed by atoms with E-state index in [4.69, 9.17) is 0 Å². The van der Waals surface area contributed by atoms with E-state index in [0.29, 0.717) is 12.5 Å². The Hall–Kier alpha value is -0.130. The fraction of sp³-hybridized carbons (Fsp3) is 1.00. The Bertz CT molecular complexity index is 329. The van der Waals surface area contributed by atoms with Gasteiger partial charge in [-0.2, -0.15) is 0 Å². The maximum Gasteiger partial charge on any atom is 0.213 e. The van der Waals surface area contributed by atoms with Gasteiger partial charge >= 0.3 is 0 Å². The molecule has 2 aliphatic carbocycles. The van der Waals surface area contributed by atoms with Gasteiger partial charge in [-0.15, -0.1) is 0 Å². The highest BCUT2D eigenvalue weighted by atomic mass is 32.2. The molecule has 2 bridgehead atoms. The molecular weight excluding hydrogens is 224 g/mol. The summed E-state index contributed by atoms with van der Waals surface area (Å²) >= 11 is 0. The summed E-state index contributed by atoms with van der Waals surface area (Å²) in [7, 11) is -3.07. The Labute approximate surface area is 98.2 Å². The number of fused-ring (bicyclic) bond motifs is 2. The van der Waals surface area contributed by atoms with Crippen LogP contribution in [0.1, 0.15) is 32.6 Å². The van der Waals surface area contributed by atoms with Gasteiger partial charge in [0.1, 0.15) is 0 Å². The molecule has 2 fully saturated rings. The Morgan fingerprint density at radius 2 is 2.06 bits per heavy atom. The molecule has 0 radical (unpaired) electrons. The molecule has 0 aliphatic heterocycles. The van der Waals surface area contributed by atoms with Gasteiger partial charge < -0.3 is 5.32 Å². The van der Waals surface area contributed by atoms with E-state index >= 15 is 0 Å². The summed E-state index contributed by atoms with van der Waals surface area (Å²) < 4.78 is 26.5. The largest absolute Gasteiger partial charge is 0.316 e. The van der Waals surface area contributed by atoms with Gasteiger partial charge in [-0.25, -0.2) is 13.1 Å². The molecule has 16 heavy (non-hydrogen) atoms. The summed E-state index contributed by atoms with van der Waals surface area (Å²) in [5, 5.41) is 3.04. The molecule has 94 valence electrons. The maximum absolute atomic E-state index is 11.8. The predicted molar refractivity (Wildman–Crippen MR) is 64.7 cm³/mol. The van der Waals surface area contributed by atoms with Gasteiger partial charge in [0.05, 0.1) is 5.75 Å². The van der Waals surface area contributed by atoms with Gasteiger partial charge in [0, 0.05) is 12.6 Å². The summed E-state index contributed by atoms with van der Waals surface area (Å²) in [4.78, 5) is 0. The van der Waals surface area contributed by atoms with Crippen molar-refractivity contribution >= 4 is 10.0 Å². The average Bonchev–Trinajstić information content (AvgIpc) is 2.78. The number of hydrogen-bond acceptors (Lipinski definition) is 3. The van der Waals surface area contributed by atoms with Crippen molar-refractivity contribution in [2.45, 2.75) is 38.6 Å². The van der Waals surface area contributed by atoms with E-state index in [2.05, 4.69) is 10.0 Å². The van der Waals surface area contributed by atoms with Gasteiger partial charge in [-0.3, -0.25) is 0 Å². The first-order valence-electron chi connectivity index (χ1n) is 6.31. The molecule has 2 aliphatic rings. The molecular formula is C11H22N2O2S. The van der Waals surface area contributed by atoms with E-state index in [-0.39, 0.29) is 11.8 Å². The SMILES string of the molecule is CCNCCS(=O)(=O)NC1CC2CCC1C2. The second-order valence-corrected chi connectivity index (χ2v) is 6.95. The molecule has 0 amide bonds. The second-order valence-electron chi connectivity index (χ2n) is 5.07. The fourth-order valence-electron chi connectivity index (χ4n) is 3.06. The first-order valence-corrected chi connectivity index (χ1v) is 7.96. The van der Waals surface area contributed by atoms with Crippen LogP contribution in [0.4, 0.5) is 0 Å². The molecule has 0 spiro atoms. The molecule has 5 heteroatoms. The first-order chi connectivity index (χ1) is 7.61. The number of nitrogens with one attached hydrogen (secondary N) is 2. The quantitative estimate of drug-likeness (QED) is 0.678. The molecule has 3 atom stereocenters. The van der Waals surface area contributed by atoms with Crippen LogP contribution in [0.5, 0.6) is 0 Å². The van der Waals surface area contributed by atoms with Crippen molar-refractivity contribution in [2.24, 2.45) is 11.8 Å². The second kappa shape index (κ2) is 5.02. The lowest BCUT2D eigenvalue weighted by atomic mass is 9.96. The molecule has 2 N–H and O–H groups in total. The van der Waals surface area contributed by atoms with Crippen molar-refractivity contribution in [3.8, 4) is 0 Å². The predicted octanol–water partition coefficient (Wildman–Crippen LogP) is 0.704. The number of rotatable bonds is 6. The zero-order chi connectivity index (χ0) is 11.6.